The third-order valence-corrected chi connectivity index (χ3v) is 4.23. The Morgan fingerprint density at radius 1 is 1.13 bits per heavy atom. The van der Waals surface area contributed by atoms with Gasteiger partial charge in [0.05, 0.1) is 6.54 Å². The number of benzene rings is 1. The molecular weight excluding hydrogens is 292 g/mol. The molecule has 2 aliphatic rings. The highest BCUT2D eigenvalue weighted by molar-refractivity contribution is 5.94. The number of fused-ring (bicyclic) bond motifs is 1. The number of nitrogens with two attached hydrogens (primary N) is 1. The molecule has 0 atom stereocenters. The Morgan fingerprint density at radius 2 is 1.91 bits per heavy atom. The lowest BCUT2D eigenvalue weighted by Gasteiger charge is -2.20. The van der Waals surface area contributed by atoms with Gasteiger partial charge in [-0.2, -0.15) is 0 Å². The van der Waals surface area contributed by atoms with Crippen LogP contribution in [0.25, 0.3) is 0 Å². The first kappa shape index (κ1) is 15.9. The van der Waals surface area contributed by atoms with Gasteiger partial charge in [0, 0.05) is 24.3 Å². The molecule has 0 bridgehead atoms. The van der Waals surface area contributed by atoms with E-state index < -0.39 is 0 Å². The van der Waals surface area contributed by atoms with E-state index in [0.717, 1.165) is 23.1 Å². The van der Waals surface area contributed by atoms with Crippen LogP contribution < -0.4 is 25.8 Å². The molecule has 0 spiro atoms. The molecule has 6 heteroatoms. The fourth-order valence-corrected chi connectivity index (χ4v) is 3.03. The average Bonchev–Trinajstić information content (AvgIpc) is 2.88. The van der Waals surface area contributed by atoms with Gasteiger partial charge in [0.1, 0.15) is 0 Å². The number of nitrogens with zero attached hydrogens (tertiary/aromatic N) is 1. The van der Waals surface area contributed by atoms with Gasteiger partial charge < -0.3 is 25.8 Å². The smallest absolute Gasteiger partial charge is 0.231 e. The third kappa shape index (κ3) is 4.51. The van der Waals surface area contributed by atoms with E-state index in [0.29, 0.717) is 19.1 Å². The van der Waals surface area contributed by atoms with Crippen LogP contribution >= 0.6 is 0 Å². The fraction of sp³-hybridized carbons (Fsp3) is 0.588. The van der Waals surface area contributed by atoms with E-state index in [1.807, 2.05) is 18.2 Å². The van der Waals surface area contributed by atoms with Crippen molar-refractivity contribution < 1.29 is 9.47 Å². The molecule has 0 radical (unpaired) electrons. The minimum absolute atomic E-state index is 0.285. The van der Waals surface area contributed by atoms with Crippen molar-refractivity contribution in [3.63, 3.8) is 0 Å². The largest absolute Gasteiger partial charge is 0.454 e. The Balaban J connectivity index is 1.66. The minimum atomic E-state index is 0.285. The molecule has 1 saturated carbocycles. The van der Waals surface area contributed by atoms with E-state index >= 15 is 0 Å². The lowest BCUT2D eigenvalue weighted by atomic mass is 10.1. The standard InChI is InChI=1S/C17H26N4O2/c18-9-10-19-17(20-13-5-3-1-2-4-6-13)21-14-7-8-15-16(11-14)23-12-22-15/h7-8,11,13H,1-6,9-10,12,18H2,(H2,19,20,21). The molecule has 6 nitrogen and oxygen atoms in total. The summed E-state index contributed by atoms with van der Waals surface area (Å²) < 4.78 is 10.8. The van der Waals surface area contributed by atoms with Crippen molar-refractivity contribution in [3.8, 4) is 11.5 Å². The summed E-state index contributed by atoms with van der Waals surface area (Å²) in [5.41, 5.74) is 6.54. The van der Waals surface area contributed by atoms with E-state index in [1.54, 1.807) is 0 Å². The van der Waals surface area contributed by atoms with Crippen molar-refractivity contribution in [2.75, 3.05) is 25.2 Å². The van der Waals surface area contributed by atoms with E-state index in [1.165, 1.54) is 38.5 Å². The summed E-state index contributed by atoms with van der Waals surface area (Å²) in [6, 6.07) is 6.31. The minimum Gasteiger partial charge on any atom is -0.454 e. The number of hydrogen-bond donors (Lipinski definition) is 3. The normalized spacial score (nSPS) is 18.6. The molecule has 0 amide bonds. The van der Waals surface area contributed by atoms with Crippen molar-refractivity contribution >= 4 is 11.6 Å². The van der Waals surface area contributed by atoms with Crippen LogP contribution in [-0.4, -0.2) is 31.9 Å². The van der Waals surface area contributed by atoms with E-state index in [-0.39, 0.29) is 6.79 Å². The van der Waals surface area contributed by atoms with Gasteiger partial charge in [-0.1, -0.05) is 25.7 Å². The van der Waals surface area contributed by atoms with Crippen molar-refractivity contribution in [2.24, 2.45) is 10.7 Å². The van der Waals surface area contributed by atoms with Gasteiger partial charge >= 0.3 is 0 Å². The molecule has 0 aromatic heterocycles. The molecule has 1 aliphatic heterocycles. The maximum Gasteiger partial charge on any atom is 0.231 e. The maximum absolute atomic E-state index is 5.60. The molecule has 23 heavy (non-hydrogen) atoms. The molecule has 1 fully saturated rings. The van der Waals surface area contributed by atoms with Crippen LogP contribution in [-0.2, 0) is 0 Å². The van der Waals surface area contributed by atoms with E-state index in [9.17, 15) is 0 Å². The highest BCUT2D eigenvalue weighted by Crippen LogP contribution is 2.34. The summed E-state index contributed by atoms with van der Waals surface area (Å²) in [4.78, 5) is 4.55. The summed E-state index contributed by atoms with van der Waals surface area (Å²) in [6.45, 7) is 1.43. The monoisotopic (exact) mass is 318 g/mol. The van der Waals surface area contributed by atoms with Crippen LogP contribution in [0.5, 0.6) is 11.5 Å². The van der Waals surface area contributed by atoms with E-state index in [2.05, 4.69) is 15.6 Å². The highest BCUT2D eigenvalue weighted by Gasteiger charge is 2.16. The number of anilines is 1. The summed E-state index contributed by atoms with van der Waals surface area (Å²) in [6.07, 6.45) is 7.64. The molecule has 1 aromatic rings. The van der Waals surface area contributed by atoms with Gasteiger partial charge in [-0.15, -0.1) is 0 Å². The second kappa shape index (κ2) is 8.06. The first-order chi connectivity index (χ1) is 11.3. The lowest BCUT2D eigenvalue weighted by Crippen LogP contribution is -2.39. The number of aliphatic imine (C=N–C) groups is 1. The van der Waals surface area contributed by atoms with Crippen LogP contribution in [0.1, 0.15) is 38.5 Å². The Hall–Kier alpha value is -1.95. The van der Waals surface area contributed by atoms with Gasteiger partial charge in [0.15, 0.2) is 17.5 Å². The third-order valence-electron chi connectivity index (χ3n) is 4.23. The first-order valence-electron chi connectivity index (χ1n) is 8.53. The zero-order valence-corrected chi connectivity index (χ0v) is 13.5. The summed E-state index contributed by atoms with van der Waals surface area (Å²) >= 11 is 0. The molecule has 1 heterocycles. The molecule has 0 unspecified atom stereocenters. The first-order valence-corrected chi connectivity index (χ1v) is 8.53. The zero-order valence-electron chi connectivity index (χ0n) is 13.5. The highest BCUT2D eigenvalue weighted by atomic mass is 16.7. The van der Waals surface area contributed by atoms with Crippen LogP contribution in [0.4, 0.5) is 5.69 Å². The Labute approximate surface area is 137 Å². The van der Waals surface area contributed by atoms with Crippen LogP contribution in [0.2, 0.25) is 0 Å². The summed E-state index contributed by atoms with van der Waals surface area (Å²) in [7, 11) is 0. The van der Waals surface area contributed by atoms with Gasteiger partial charge in [-0.3, -0.25) is 4.99 Å². The second-order valence-corrected chi connectivity index (χ2v) is 6.04. The lowest BCUT2D eigenvalue weighted by molar-refractivity contribution is 0.174. The Kier molecular flexibility index (Phi) is 5.58. The van der Waals surface area contributed by atoms with Crippen molar-refractivity contribution in [1.29, 1.82) is 0 Å². The molecule has 3 rings (SSSR count). The van der Waals surface area contributed by atoms with Crippen molar-refractivity contribution in [3.05, 3.63) is 18.2 Å². The summed E-state index contributed by atoms with van der Waals surface area (Å²) in [5.74, 6) is 2.34. The maximum atomic E-state index is 5.60. The predicted molar refractivity (Wildman–Crippen MR) is 92.2 cm³/mol. The van der Waals surface area contributed by atoms with Gasteiger partial charge in [-0.05, 0) is 25.0 Å². The van der Waals surface area contributed by atoms with Gasteiger partial charge in [-0.25, -0.2) is 0 Å². The number of nitrogens with one attached hydrogen (secondary N) is 2. The number of hydrogen-bond acceptors (Lipinski definition) is 4. The summed E-state index contributed by atoms with van der Waals surface area (Å²) in [5, 5.41) is 6.92. The topological polar surface area (TPSA) is 80.9 Å². The number of guanidine groups is 1. The Morgan fingerprint density at radius 3 is 2.70 bits per heavy atom. The predicted octanol–water partition coefficient (Wildman–Crippen LogP) is 2.45. The second-order valence-electron chi connectivity index (χ2n) is 6.04. The molecule has 0 saturated heterocycles. The number of ether oxygens (including phenoxy) is 2. The van der Waals surface area contributed by atoms with Crippen LogP contribution in [0, 0.1) is 0 Å². The van der Waals surface area contributed by atoms with Crippen LogP contribution in [0.3, 0.4) is 0 Å². The van der Waals surface area contributed by atoms with Crippen molar-refractivity contribution in [2.45, 2.75) is 44.6 Å². The average molecular weight is 318 g/mol. The van der Waals surface area contributed by atoms with Gasteiger partial charge in [0.25, 0.3) is 0 Å². The fourth-order valence-electron chi connectivity index (χ4n) is 3.03. The van der Waals surface area contributed by atoms with Crippen LogP contribution in [0.15, 0.2) is 23.2 Å². The molecule has 4 N–H and O–H groups in total. The molecule has 1 aromatic carbocycles. The molecule has 126 valence electrons. The number of rotatable bonds is 4. The Bertz CT molecular complexity index is 539. The van der Waals surface area contributed by atoms with Gasteiger partial charge in [0.2, 0.25) is 6.79 Å². The van der Waals surface area contributed by atoms with E-state index in [4.69, 9.17) is 15.2 Å². The molecule has 1 aliphatic carbocycles. The SMILES string of the molecule is NCCN=C(Nc1ccc2c(c1)OCO2)NC1CCCCCC1. The zero-order chi connectivity index (χ0) is 15.9. The molecular formula is C17H26N4O2. The quantitative estimate of drug-likeness (QED) is 0.451. The van der Waals surface area contributed by atoms with Crippen molar-refractivity contribution in [1.82, 2.24) is 5.32 Å².